The summed E-state index contributed by atoms with van der Waals surface area (Å²) in [5, 5.41) is 27.2. The third kappa shape index (κ3) is 4.11. The molecule has 6 amide bonds. The van der Waals surface area contributed by atoms with Crippen molar-refractivity contribution in [1.82, 2.24) is 15.2 Å². The predicted molar refractivity (Wildman–Crippen MR) is 125 cm³/mol. The molecule has 3 aromatic carbocycles. The third-order valence-electron chi connectivity index (χ3n) is 5.59. The minimum absolute atomic E-state index is 0.0705. The molecular formula is C24H17N5O9. The number of nitrogen functional groups attached to an aromatic ring is 2. The van der Waals surface area contributed by atoms with Crippen LogP contribution in [0.3, 0.4) is 0 Å². The second kappa shape index (κ2) is 9.55. The minimum atomic E-state index is -0.766. The number of nitrogens with zero attached hydrogens (tertiary/aromatic N) is 3. The average molecular weight is 519 g/mol. The lowest BCUT2D eigenvalue weighted by molar-refractivity contribution is -0.0330. The molecule has 0 aromatic heterocycles. The molecule has 0 atom stereocenters. The maximum atomic E-state index is 11.2. The van der Waals surface area contributed by atoms with Crippen LogP contribution in [0.15, 0.2) is 60.7 Å². The molecule has 0 unspecified atom stereocenters. The number of carbonyl (C=O) groups is 6. The van der Waals surface area contributed by atoms with Crippen LogP contribution in [0.2, 0.25) is 0 Å². The van der Waals surface area contributed by atoms with Crippen LogP contribution in [-0.4, -0.2) is 66.3 Å². The summed E-state index contributed by atoms with van der Waals surface area (Å²) < 4.78 is 0. The number of carbonyl (C=O) groups excluding carboxylic acids is 6. The maximum absolute atomic E-state index is 11.2. The van der Waals surface area contributed by atoms with Crippen LogP contribution in [0.4, 0.5) is 11.4 Å². The summed E-state index contributed by atoms with van der Waals surface area (Å²) in [7, 11) is 0. The highest BCUT2D eigenvalue weighted by Crippen LogP contribution is 2.26. The Bertz CT molecular complexity index is 1530. The van der Waals surface area contributed by atoms with Crippen molar-refractivity contribution in [2.24, 2.45) is 0 Å². The Morgan fingerprint density at radius 1 is 0.474 bits per heavy atom. The summed E-state index contributed by atoms with van der Waals surface area (Å²) >= 11 is 0. The molecule has 0 saturated carbocycles. The number of fused-ring (bicyclic) bond motifs is 3. The molecule has 3 aliphatic rings. The molecule has 0 radical (unpaired) electrons. The molecule has 6 rings (SSSR count). The van der Waals surface area contributed by atoms with E-state index in [0.29, 0.717) is 5.69 Å². The predicted octanol–water partition coefficient (Wildman–Crippen LogP) is 1.18. The fourth-order valence-electron chi connectivity index (χ4n) is 3.72. The summed E-state index contributed by atoms with van der Waals surface area (Å²) in [6, 6.07) is 15.1. The number of nitrogens with two attached hydrogens (primary N) is 2. The number of hydrogen-bond acceptors (Lipinski definition) is 11. The summed E-state index contributed by atoms with van der Waals surface area (Å²) in [5.41, 5.74) is 12.5. The molecule has 3 heterocycles. The Balaban J connectivity index is 0.000000133. The van der Waals surface area contributed by atoms with Gasteiger partial charge in [0.05, 0.1) is 33.4 Å². The third-order valence-corrected chi connectivity index (χ3v) is 5.59. The highest BCUT2D eigenvalue weighted by molar-refractivity contribution is 6.23. The second-order valence-electron chi connectivity index (χ2n) is 7.89. The summed E-state index contributed by atoms with van der Waals surface area (Å²) in [5.74, 6) is -4.25. The van der Waals surface area contributed by atoms with Gasteiger partial charge in [-0.25, -0.2) is 0 Å². The Hall–Kier alpha value is -5.44. The highest BCUT2D eigenvalue weighted by Gasteiger charge is 2.37. The number of anilines is 2. The first-order valence-corrected chi connectivity index (χ1v) is 10.6. The van der Waals surface area contributed by atoms with Gasteiger partial charge in [0.1, 0.15) is 0 Å². The Labute approximate surface area is 212 Å². The fraction of sp³-hybridized carbons (Fsp3) is 0. The smallest absolute Gasteiger partial charge is 0.287 e. The SMILES string of the molecule is Nc1ccc2c(c1)C(=O)N(O)C2=O.Nc1cccc2c1C(=O)N(O)C2=O.O=C1c2ccccc2C(=O)N1O. The normalized spacial score (nSPS) is 15.1. The molecule has 192 valence electrons. The molecule has 0 bridgehead atoms. The lowest BCUT2D eigenvalue weighted by atomic mass is 10.1. The van der Waals surface area contributed by atoms with E-state index in [1.54, 1.807) is 18.2 Å². The van der Waals surface area contributed by atoms with E-state index < -0.39 is 35.4 Å². The first-order valence-electron chi connectivity index (χ1n) is 10.6. The average Bonchev–Trinajstić information content (AvgIpc) is 3.37. The van der Waals surface area contributed by atoms with Gasteiger partial charge in [0.2, 0.25) is 0 Å². The minimum Gasteiger partial charge on any atom is -0.399 e. The standard InChI is InChI=1S/2C8H6N2O3.C8H5NO3/c9-4-1-2-5-6(3-4)8(12)10(13)7(5)11;9-5-3-1-2-4-6(5)8(12)10(13)7(4)11;10-7-5-3-1-2-4-6(5)8(11)9(7)12/h2*1-3,13H,9H2;1-4,12H. The van der Waals surface area contributed by atoms with Crippen LogP contribution >= 0.6 is 0 Å². The Morgan fingerprint density at radius 3 is 1.42 bits per heavy atom. The van der Waals surface area contributed by atoms with Crippen LogP contribution < -0.4 is 11.5 Å². The number of imide groups is 3. The van der Waals surface area contributed by atoms with Gasteiger partial charge >= 0.3 is 0 Å². The zero-order chi connectivity index (χ0) is 27.9. The first kappa shape index (κ1) is 25.6. The van der Waals surface area contributed by atoms with Gasteiger partial charge in [0, 0.05) is 11.4 Å². The van der Waals surface area contributed by atoms with Crippen molar-refractivity contribution in [2.75, 3.05) is 11.5 Å². The van der Waals surface area contributed by atoms with Crippen LogP contribution in [0, 0.1) is 0 Å². The van der Waals surface area contributed by atoms with E-state index in [4.69, 9.17) is 27.1 Å². The van der Waals surface area contributed by atoms with Gasteiger partial charge in [0.25, 0.3) is 35.4 Å². The number of hydroxylamine groups is 6. The molecule has 14 heteroatoms. The van der Waals surface area contributed by atoms with E-state index in [9.17, 15) is 28.8 Å². The van der Waals surface area contributed by atoms with Crippen LogP contribution in [-0.2, 0) is 0 Å². The maximum Gasteiger partial charge on any atom is 0.287 e. The van der Waals surface area contributed by atoms with E-state index in [0.717, 1.165) is 0 Å². The van der Waals surface area contributed by atoms with Crippen molar-refractivity contribution < 1.29 is 44.4 Å². The number of hydrogen-bond donors (Lipinski definition) is 5. The van der Waals surface area contributed by atoms with E-state index in [2.05, 4.69) is 0 Å². The van der Waals surface area contributed by atoms with Crippen molar-refractivity contribution in [1.29, 1.82) is 0 Å². The molecule has 7 N–H and O–H groups in total. The van der Waals surface area contributed by atoms with E-state index in [1.165, 1.54) is 42.5 Å². The summed E-state index contributed by atoms with van der Waals surface area (Å²) in [6.45, 7) is 0. The molecule has 0 fully saturated rings. The lowest BCUT2D eigenvalue weighted by Gasteiger charge is -2.00. The van der Waals surface area contributed by atoms with Gasteiger partial charge in [-0.05, 0) is 42.5 Å². The zero-order valence-electron chi connectivity index (χ0n) is 19.1. The summed E-state index contributed by atoms with van der Waals surface area (Å²) in [6.07, 6.45) is 0. The van der Waals surface area contributed by atoms with Gasteiger partial charge in [-0.15, -0.1) is 15.2 Å². The van der Waals surface area contributed by atoms with Gasteiger partial charge in [-0.2, -0.15) is 0 Å². The van der Waals surface area contributed by atoms with Crippen molar-refractivity contribution >= 4 is 46.8 Å². The number of amides is 6. The van der Waals surface area contributed by atoms with Crippen molar-refractivity contribution in [3.8, 4) is 0 Å². The Morgan fingerprint density at radius 2 is 0.895 bits per heavy atom. The molecule has 3 aromatic rings. The molecule has 0 aliphatic carbocycles. The van der Waals surface area contributed by atoms with E-state index in [-0.39, 0.29) is 54.3 Å². The fourth-order valence-corrected chi connectivity index (χ4v) is 3.72. The van der Waals surface area contributed by atoms with E-state index in [1.807, 2.05) is 0 Å². The molecule has 38 heavy (non-hydrogen) atoms. The van der Waals surface area contributed by atoms with Crippen LogP contribution in [0.5, 0.6) is 0 Å². The molecule has 0 spiro atoms. The quantitative estimate of drug-likeness (QED) is 0.161. The topological polar surface area (TPSA) is 225 Å². The molecule has 0 saturated heterocycles. The number of rotatable bonds is 0. The van der Waals surface area contributed by atoms with Crippen LogP contribution in [0.1, 0.15) is 62.1 Å². The van der Waals surface area contributed by atoms with Gasteiger partial charge < -0.3 is 11.5 Å². The van der Waals surface area contributed by atoms with E-state index >= 15 is 0 Å². The monoisotopic (exact) mass is 519 g/mol. The first-order chi connectivity index (χ1) is 18.0. The molecular weight excluding hydrogens is 502 g/mol. The van der Waals surface area contributed by atoms with Crippen molar-refractivity contribution in [2.45, 2.75) is 0 Å². The highest BCUT2D eigenvalue weighted by atomic mass is 16.5. The molecule has 3 aliphatic heterocycles. The number of benzene rings is 3. The zero-order valence-corrected chi connectivity index (χ0v) is 19.1. The molecule has 14 nitrogen and oxygen atoms in total. The van der Waals surface area contributed by atoms with Gasteiger partial charge in [0.15, 0.2) is 0 Å². The van der Waals surface area contributed by atoms with Gasteiger partial charge in [-0.1, -0.05) is 18.2 Å². The van der Waals surface area contributed by atoms with Gasteiger partial charge in [-0.3, -0.25) is 44.4 Å². The van der Waals surface area contributed by atoms with Crippen LogP contribution in [0.25, 0.3) is 0 Å². The second-order valence-corrected chi connectivity index (χ2v) is 7.89. The van der Waals surface area contributed by atoms with Crippen molar-refractivity contribution in [3.05, 3.63) is 94.0 Å². The van der Waals surface area contributed by atoms with Crippen molar-refractivity contribution in [3.63, 3.8) is 0 Å². The largest absolute Gasteiger partial charge is 0.399 e. The summed E-state index contributed by atoms with van der Waals surface area (Å²) in [4.78, 5) is 66.8. The lowest BCUT2D eigenvalue weighted by Crippen LogP contribution is -2.25. The Kier molecular flexibility index (Phi) is 6.44.